The summed E-state index contributed by atoms with van der Waals surface area (Å²) in [7, 11) is -4.15. The zero-order chi connectivity index (χ0) is 35.3. The lowest BCUT2D eigenvalue weighted by molar-refractivity contribution is -0.137. The van der Waals surface area contributed by atoms with Crippen LogP contribution in [0.4, 0.5) is 23.7 Å². The van der Waals surface area contributed by atoms with E-state index in [2.05, 4.69) is 9.88 Å². The second-order valence-electron chi connectivity index (χ2n) is 11.6. The van der Waals surface area contributed by atoms with Crippen LogP contribution in [0.2, 0.25) is 0 Å². The van der Waals surface area contributed by atoms with Crippen LogP contribution in [0.15, 0.2) is 125 Å². The molecule has 1 fully saturated rings. The molecule has 0 radical (unpaired) electrons. The number of hydrogen-bond acceptors (Lipinski definition) is 8. The normalized spacial score (nSPS) is 15.4. The van der Waals surface area contributed by atoms with Gasteiger partial charge in [-0.1, -0.05) is 59.8 Å². The number of cyclic esters (lactones) is 1. The molecule has 1 aliphatic rings. The van der Waals surface area contributed by atoms with Crippen LogP contribution in [0.3, 0.4) is 0 Å². The molecule has 6 rings (SSSR count). The largest absolute Gasteiger partial charge is 0.489 e. The first-order chi connectivity index (χ1) is 24.0. The van der Waals surface area contributed by atoms with E-state index in [9.17, 15) is 31.2 Å². The zero-order valence-electron chi connectivity index (χ0n) is 26.2. The topological polar surface area (TPSA) is 128 Å². The molecule has 258 valence electrons. The van der Waals surface area contributed by atoms with E-state index in [0.717, 1.165) is 23.3 Å². The van der Waals surface area contributed by atoms with Crippen LogP contribution in [0.25, 0.3) is 0 Å². The number of benzene rings is 4. The summed E-state index contributed by atoms with van der Waals surface area (Å²) in [6.45, 7) is 0.175. The molecular formula is C36H30F3N3O7S. The van der Waals surface area contributed by atoms with Gasteiger partial charge in [0.25, 0.3) is 10.0 Å². The van der Waals surface area contributed by atoms with Gasteiger partial charge in [-0.05, 0) is 71.6 Å². The van der Waals surface area contributed by atoms with Gasteiger partial charge in [-0.3, -0.25) is 9.52 Å². The molecule has 5 aromatic rings. The molecule has 4 aromatic carbocycles. The lowest BCUT2D eigenvalue weighted by Gasteiger charge is -2.22. The molecule has 1 saturated heterocycles. The maximum atomic E-state index is 13.6. The van der Waals surface area contributed by atoms with Gasteiger partial charge in [0.15, 0.2) is 0 Å². The van der Waals surface area contributed by atoms with Gasteiger partial charge in [0.05, 0.1) is 22.2 Å². The fraction of sp³-hybridized carbons (Fsp3) is 0.194. The SMILES string of the molecule is O=C(C[C@@H](c1ccc(OCc2cccc(NS(=O)(=O)c3ccc(C(F)(F)F)cc3)c2)cc1)c1ccon1)N1C(=O)OCC1Cc1ccccc1. The van der Waals surface area contributed by atoms with Gasteiger partial charge in [-0.15, -0.1) is 0 Å². The first-order valence-corrected chi connectivity index (χ1v) is 16.9. The van der Waals surface area contributed by atoms with Crippen LogP contribution in [-0.2, 0) is 38.8 Å². The average molecular weight is 706 g/mol. The third-order valence-electron chi connectivity index (χ3n) is 8.10. The number of nitrogens with zero attached hydrogens (tertiary/aromatic N) is 2. The first kappa shape index (κ1) is 34.2. The van der Waals surface area contributed by atoms with Crippen LogP contribution in [-0.4, -0.2) is 43.1 Å². The summed E-state index contributed by atoms with van der Waals surface area (Å²) in [5.74, 6) is -0.452. The number of aromatic nitrogens is 1. The van der Waals surface area contributed by atoms with E-state index in [-0.39, 0.29) is 30.2 Å². The minimum absolute atomic E-state index is 0.0672. The van der Waals surface area contributed by atoms with Crippen LogP contribution in [0.5, 0.6) is 5.75 Å². The summed E-state index contributed by atoms with van der Waals surface area (Å²) in [4.78, 5) is 27.0. The number of ether oxygens (including phenoxy) is 2. The Kier molecular flexibility index (Phi) is 9.90. The molecule has 2 amide bonds. The molecular weight excluding hydrogens is 675 g/mol. The monoisotopic (exact) mass is 705 g/mol. The van der Waals surface area contributed by atoms with Crippen LogP contribution in [0, 0.1) is 0 Å². The number of carbonyl (C=O) groups is 2. The molecule has 0 bridgehead atoms. The van der Waals surface area contributed by atoms with Gasteiger partial charge < -0.3 is 14.0 Å². The fourth-order valence-corrected chi connectivity index (χ4v) is 6.64. The van der Waals surface area contributed by atoms with Crippen molar-refractivity contribution in [1.29, 1.82) is 0 Å². The molecule has 14 heteroatoms. The molecule has 1 aromatic heterocycles. The molecule has 2 heterocycles. The van der Waals surface area contributed by atoms with E-state index >= 15 is 0 Å². The second kappa shape index (κ2) is 14.5. The van der Waals surface area contributed by atoms with Crippen molar-refractivity contribution in [2.45, 2.75) is 42.5 Å². The lowest BCUT2D eigenvalue weighted by Crippen LogP contribution is -2.40. The summed E-state index contributed by atoms with van der Waals surface area (Å²) >= 11 is 0. The smallest absolute Gasteiger partial charge is 0.416 e. The molecule has 1 N–H and O–H groups in total. The Morgan fingerprint density at radius 3 is 2.34 bits per heavy atom. The van der Waals surface area contributed by atoms with E-state index in [0.29, 0.717) is 35.6 Å². The number of alkyl halides is 3. The third-order valence-corrected chi connectivity index (χ3v) is 9.49. The highest BCUT2D eigenvalue weighted by Crippen LogP contribution is 2.32. The number of carbonyl (C=O) groups excluding carboxylic acids is 2. The molecule has 2 atom stereocenters. The highest BCUT2D eigenvalue weighted by atomic mass is 32.2. The fourth-order valence-electron chi connectivity index (χ4n) is 5.60. The number of rotatable bonds is 12. The van der Waals surface area contributed by atoms with Crippen molar-refractivity contribution in [2.75, 3.05) is 11.3 Å². The highest BCUT2D eigenvalue weighted by Gasteiger charge is 2.39. The zero-order valence-corrected chi connectivity index (χ0v) is 27.1. The maximum absolute atomic E-state index is 13.6. The van der Waals surface area contributed by atoms with Gasteiger partial charge in [-0.2, -0.15) is 13.2 Å². The summed E-state index contributed by atoms with van der Waals surface area (Å²) < 4.78 is 82.8. The molecule has 0 spiro atoms. The van der Waals surface area contributed by atoms with Crippen LogP contribution >= 0.6 is 0 Å². The standard InChI is InChI=1S/C36H30F3N3O7S/c37-36(38,39)27-11-15-31(16-12-27)50(45,46)41-28-8-4-7-25(19-28)22-47-30-13-9-26(10-14-30)32(33-17-18-49-40-33)21-34(43)42-29(23-48-35(42)44)20-24-5-2-1-3-6-24/h1-19,29,32,41H,20-23H2/t29?,32-/m0/s1. The van der Waals surface area contributed by atoms with E-state index in [1.807, 2.05) is 30.3 Å². The minimum Gasteiger partial charge on any atom is -0.489 e. The summed E-state index contributed by atoms with van der Waals surface area (Å²) in [6, 6.07) is 27.4. The van der Waals surface area contributed by atoms with Gasteiger partial charge in [0.1, 0.15) is 25.2 Å². The second-order valence-corrected chi connectivity index (χ2v) is 13.2. The van der Waals surface area contributed by atoms with E-state index in [4.69, 9.17) is 14.0 Å². The van der Waals surface area contributed by atoms with Crippen molar-refractivity contribution >= 4 is 27.7 Å². The van der Waals surface area contributed by atoms with E-state index in [1.165, 1.54) is 17.2 Å². The number of sulfonamides is 1. The van der Waals surface area contributed by atoms with Crippen molar-refractivity contribution in [3.63, 3.8) is 0 Å². The number of amides is 2. The van der Waals surface area contributed by atoms with Crippen molar-refractivity contribution in [1.82, 2.24) is 10.1 Å². The molecule has 10 nitrogen and oxygen atoms in total. The number of imide groups is 1. The quantitative estimate of drug-likeness (QED) is 0.145. The van der Waals surface area contributed by atoms with E-state index in [1.54, 1.807) is 48.5 Å². The Balaban J connectivity index is 1.10. The Morgan fingerprint density at radius 2 is 1.66 bits per heavy atom. The Hall–Kier alpha value is -5.63. The molecule has 0 saturated carbocycles. The third kappa shape index (κ3) is 8.14. The Labute approximate surface area is 285 Å². The van der Waals surface area contributed by atoms with Gasteiger partial charge in [0, 0.05) is 24.1 Å². The van der Waals surface area contributed by atoms with Crippen molar-refractivity contribution in [2.24, 2.45) is 0 Å². The lowest BCUT2D eigenvalue weighted by atomic mass is 9.91. The Morgan fingerprint density at radius 1 is 0.940 bits per heavy atom. The maximum Gasteiger partial charge on any atom is 0.416 e. The first-order valence-electron chi connectivity index (χ1n) is 15.4. The summed E-state index contributed by atoms with van der Waals surface area (Å²) in [5, 5.41) is 4.06. The number of hydrogen-bond donors (Lipinski definition) is 1. The Bertz CT molecular complexity index is 2040. The van der Waals surface area contributed by atoms with Gasteiger partial charge >= 0.3 is 12.3 Å². The number of nitrogens with one attached hydrogen (secondary N) is 1. The predicted octanol–water partition coefficient (Wildman–Crippen LogP) is 7.19. The van der Waals surface area contributed by atoms with Crippen molar-refractivity contribution in [3.05, 3.63) is 143 Å². The minimum atomic E-state index is -4.58. The van der Waals surface area contributed by atoms with Crippen molar-refractivity contribution < 1.29 is 45.2 Å². The average Bonchev–Trinajstić information content (AvgIpc) is 3.77. The number of anilines is 1. The molecule has 1 aliphatic heterocycles. The van der Waals surface area contributed by atoms with Crippen LogP contribution < -0.4 is 9.46 Å². The number of halogens is 3. The van der Waals surface area contributed by atoms with Gasteiger partial charge in [0.2, 0.25) is 5.91 Å². The molecule has 50 heavy (non-hydrogen) atoms. The van der Waals surface area contributed by atoms with Gasteiger partial charge in [-0.25, -0.2) is 18.1 Å². The van der Waals surface area contributed by atoms with Crippen LogP contribution in [0.1, 0.15) is 40.3 Å². The molecule has 1 unspecified atom stereocenters. The highest BCUT2D eigenvalue weighted by molar-refractivity contribution is 7.92. The van der Waals surface area contributed by atoms with E-state index < -0.39 is 45.7 Å². The summed E-state index contributed by atoms with van der Waals surface area (Å²) in [5.41, 5.74) is 2.08. The molecule has 0 aliphatic carbocycles. The predicted molar refractivity (Wildman–Crippen MR) is 175 cm³/mol. The van der Waals surface area contributed by atoms with Crippen molar-refractivity contribution in [3.8, 4) is 5.75 Å². The summed E-state index contributed by atoms with van der Waals surface area (Å²) in [6.07, 6.45) is -3.46.